The largest absolute Gasteiger partial charge is 0.455 e. The molecule has 0 atom stereocenters. The highest BCUT2D eigenvalue weighted by molar-refractivity contribution is 6.09. The van der Waals surface area contributed by atoms with Gasteiger partial charge in [0.1, 0.15) is 11.2 Å². The average Bonchev–Trinajstić information content (AvgIpc) is 2.96. The van der Waals surface area contributed by atoms with E-state index in [-0.39, 0.29) is 0 Å². The summed E-state index contributed by atoms with van der Waals surface area (Å²) in [5.74, 6) is 0. The summed E-state index contributed by atoms with van der Waals surface area (Å²) in [5, 5.41) is 4.00. The zero-order valence-electron chi connectivity index (χ0n) is 13.5. The number of hydrogen-bond donors (Lipinski definition) is 0. The molecule has 2 nitrogen and oxygen atoms in total. The Morgan fingerprint density at radius 2 is 1.83 bits per heavy atom. The van der Waals surface area contributed by atoms with Crippen LogP contribution >= 0.6 is 0 Å². The topological polar surface area (TPSA) is 26.0 Å². The molecule has 0 unspecified atom stereocenters. The Morgan fingerprint density at radius 3 is 2.62 bits per heavy atom. The maximum absolute atomic E-state index is 6.11. The van der Waals surface area contributed by atoms with Crippen LogP contribution in [-0.2, 0) is 0 Å². The Balaban J connectivity index is 2.06. The monoisotopic (exact) mass is 311 g/mol. The molecule has 4 aromatic rings. The summed E-state index contributed by atoms with van der Waals surface area (Å²) in [6.45, 7) is 9.91. The van der Waals surface area contributed by atoms with Crippen molar-refractivity contribution in [2.45, 2.75) is 6.92 Å². The normalized spacial score (nSPS) is 12.1. The summed E-state index contributed by atoms with van der Waals surface area (Å²) in [5.41, 5.74) is 4.75. The van der Waals surface area contributed by atoms with E-state index in [1.54, 1.807) is 6.08 Å². The summed E-state index contributed by atoms with van der Waals surface area (Å²) in [7, 11) is 0. The molecule has 2 heterocycles. The Labute approximate surface area is 140 Å². The Bertz CT molecular complexity index is 1200. The van der Waals surface area contributed by atoms with Gasteiger partial charge in [-0.2, -0.15) is 0 Å². The number of para-hydroxylation sites is 2. The van der Waals surface area contributed by atoms with E-state index >= 15 is 0 Å². The van der Waals surface area contributed by atoms with Gasteiger partial charge in [0.05, 0.1) is 11.0 Å². The molecule has 2 heteroatoms. The van der Waals surface area contributed by atoms with Crippen LogP contribution in [-0.4, -0.2) is 4.98 Å². The Kier molecular flexibility index (Phi) is 3.31. The lowest BCUT2D eigenvalue weighted by atomic mass is 10.0. The SMILES string of the molecule is C=C/C=c1/c(C)cc(-c2cccc3c2oc2ccccc23)nc1=C. The number of rotatable bonds is 2. The second-order valence-electron chi connectivity index (χ2n) is 5.87. The van der Waals surface area contributed by atoms with E-state index in [4.69, 9.17) is 9.40 Å². The molecule has 0 spiro atoms. The lowest BCUT2D eigenvalue weighted by Crippen LogP contribution is -2.29. The standard InChI is InChI=1S/C22H17NO/c1-4-8-16-14(2)13-20(23-15(16)3)19-11-7-10-18-17-9-5-6-12-21(17)24-22(18)19/h4-13H,1,3H2,2H3/b16-8-. The lowest BCUT2D eigenvalue weighted by Gasteiger charge is -2.04. The molecule has 2 aromatic carbocycles. The van der Waals surface area contributed by atoms with Gasteiger partial charge in [-0.15, -0.1) is 0 Å². The summed E-state index contributed by atoms with van der Waals surface area (Å²) in [6, 6.07) is 16.3. The zero-order valence-corrected chi connectivity index (χ0v) is 13.5. The molecular weight excluding hydrogens is 294 g/mol. The fourth-order valence-electron chi connectivity index (χ4n) is 3.18. The maximum Gasteiger partial charge on any atom is 0.144 e. The molecule has 0 amide bonds. The number of aromatic nitrogens is 1. The van der Waals surface area contributed by atoms with Crippen LogP contribution < -0.4 is 10.6 Å². The number of hydrogen-bond acceptors (Lipinski definition) is 2. The lowest BCUT2D eigenvalue weighted by molar-refractivity contribution is 0.670. The predicted molar refractivity (Wildman–Crippen MR) is 101 cm³/mol. The van der Waals surface area contributed by atoms with Crippen LogP contribution in [0.15, 0.2) is 65.6 Å². The molecule has 0 aliphatic carbocycles. The summed E-state index contributed by atoms with van der Waals surface area (Å²) >= 11 is 0. The maximum atomic E-state index is 6.11. The van der Waals surface area contributed by atoms with Gasteiger partial charge in [0.15, 0.2) is 0 Å². The van der Waals surface area contributed by atoms with Crippen molar-refractivity contribution in [1.82, 2.24) is 4.98 Å². The molecule has 116 valence electrons. The van der Waals surface area contributed by atoms with Crippen LogP contribution in [0, 0.1) is 6.92 Å². The van der Waals surface area contributed by atoms with Gasteiger partial charge < -0.3 is 4.42 Å². The minimum atomic E-state index is 0.748. The van der Waals surface area contributed by atoms with Crippen molar-refractivity contribution in [2.24, 2.45) is 0 Å². The first kappa shape index (κ1) is 14.5. The van der Waals surface area contributed by atoms with Crippen molar-refractivity contribution < 1.29 is 4.42 Å². The number of nitrogens with zero attached hydrogens (tertiary/aromatic N) is 1. The third-order valence-corrected chi connectivity index (χ3v) is 4.31. The van der Waals surface area contributed by atoms with Gasteiger partial charge in [-0.05, 0) is 30.7 Å². The Hall–Kier alpha value is -3.13. The third kappa shape index (κ3) is 2.16. The van der Waals surface area contributed by atoms with Gasteiger partial charge in [-0.3, -0.25) is 0 Å². The van der Waals surface area contributed by atoms with E-state index in [0.717, 1.165) is 49.3 Å². The second kappa shape index (κ2) is 5.50. The van der Waals surface area contributed by atoms with E-state index in [1.165, 1.54) is 0 Å². The number of pyridine rings is 1. The minimum Gasteiger partial charge on any atom is -0.455 e. The highest BCUT2D eigenvalue weighted by Crippen LogP contribution is 2.34. The van der Waals surface area contributed by atoms with E-state index in [0.29, 0.717) is 0 Å². The second-order valence-corrected chi connectivity index (χ2v) is 5.87. The van der Waals surface area contributed by atoms with Gasteiger partial charge >= 0.3 is 0 Å². The van der Waals surface area contributed by atoms with Gasteiger partial charge in [0.25, 0.3) is 0 Å². The van der Waals surface area contributed by atoms with Gasteiger partial charge in [0, 0.05) is 21.6 Å². The van der Waals surface area contributed by atoms with Crippen molar-refractivity contribution in [1.29, 1.82) is 0 Å². The van der Waals surface area contributed by atoms with Crippen molar-refractivity contribution in [3.63, 3.8) is 0 Å². The molecule has 0 bridgehead atoms. The first-order valence-electron chi connectivity index (χ1n) is 7.89. The Morgan fingerprint density at radius 1 is 1.04 bits per heavy atom. The van der Waals surface area contributed by atoms with E-state index in [9.17, 15) is 0 Å². The third-order valence-electron chi connectivity index (χ3n) is 4.31. The molecular formula is C22H17NO. The fraction of sp³-hybridized carbons (Fsp3) is 0.0455. The number of benzene rings is 2. The molecule has 0 saturated carbocycles. The summed E-state index contributed by atoms with van der Waals surface area (Å²) in [6.07, 6.45) is 3.70. The number of furan rings is 1. The van der Waals surface area contributed by atoms with Crippen LogP contribution in [0.25, 0.3) is 45.9 Å². The number of fused-ring (bicyclic) bond motifs is 3. The zero-order chi connectivity index (χ0) is 16.7. The highest BCUT2D eigenvalue weighted by Gasteiger charge is 2.12. The summed E-state index contributed by atoms with van der Waals surface area (Å²) in [4.78, 5) is 4.69. The predicted octanol–water partition coefficient (Wildman–Crippen LogP) is 4.33. The van der Waals surface area contributed by atoms with Crippen molar-refractivity contribution >= 4 is 34.6 Å². The molecule has 0 N–H and O–H groups in total. The molecule has 4 rings (SSSR count). The molecule has 0 saturated heterocycles. The highest BCUT2D eigenvalue weighted by atomic mass is 16.3. The van der Waals surface area contributed by atoms with E-state index in [2.05, 4.69) is 38.3 Å². The first-order valence-corrected chi connectivity index (χ1v) is 7.89. The van der Waals surface area contributed by atoms with Crippen molar-refractivity contribution in [3.8, 4) is 11.3 Å². The number of aryl methyl sites for hydroxylation is 1. The molecule has 0 radical (unpaired) electrons. The van der Waals surface area contributed by atoms with E-state index in [1.807, 2.05) is 36.4 Å². The van der Waals surface area contributed by atoms with Crippen molar-refractivity contribution in [3.05, 3.63) is 77.3 Å². The van der Waals surface area contributed by atoms with Crippen LogP contribution in [0.1, 0.15) is 5.56 Å². The summed E-state index contributed by atoms with van der Waals surface area (Å²) < 4.78 is 6.11. The van der Waals surface area contributed by atoms with Gasteiger partial charge in [-0.25, -0.2) is 4.98 Å². The fourth-order valence-corrected chi connectivity index (χ4v) is 3.18. The number of allylic oxidation sites excluding steroid dienone is 1. The minimum absolute atomic E-state index is 0.748. The molecule has 2 aromatic heterocycles. The molecule has 24 heavy (non-hydrogen) atoms. The molecule has 0 fully saturated rings. The molecule has 0 aliphatic heterocycles. The quantitative estimate of drug-likeness (QED) is 0.550. The van der Waals surface area contributed by atoms with Crippen LogP contribution in [0.4, 0.5) is 0 Å². The van der Waals surface area contributed by atoms with Crippen LogP contribution in [0.3, 0.4) is 0 Å². The molecule has 0 aliphatic rings. The van der Waals surface area contributed by atoms with Crippen molar-refractivity contribution in [2.75, 3.05) is 0 Å². The van der Waals surface area contributed by atoms with Gasteiger partial charge in [-0.1, -0.05) is 55.6 Å². The van der Waals surface area contributed by atoms with E-state index < -0.39 is 0 Å². The van der Waals surface area contributed by atoms with Crippen LogP contribution in [0.5, 0.6) is 0 Å². The van der Waals surface area contributed by atoms with Crippen LogP contribution in [0.2, 0.25) is 0 Å². The smallest absolute Gasteiger partial charge is 0.144 e. The first-order chi connectivity index (χ1) is 11.7. The van der Waals surface area contributed by atoms with Gasteiger partial charge in [0.2, 0.25) is 0 Å². The average molecular weight is 311 g/mol.